The molecule has 0 unspecified atom stereocenters. The summed E-state index contributed by atoms with van der Waals surface area (Å²) in [6.07, 6.45) is 0. The van der Waals surface area contributed by atoms with Gasteiger partial charge in [-0.15, -0.1) is 0 Å². The Hall–Kier alpha value is -1.26. The van der Waals surface area contributed by atoms with Gasteiger partial charge in [0.2, 0.25) is 10.0 Å². The van der Waals surface area contributed by atoms with E-state index < -0.39 is 48.7 Å². The van der Waals surface area contributed by atoms with Crippen molar-refractivity contribution in [2.45, 2.75) is 11.8 Å². The minimum atomic E-state index is -4.49. The summed E-state index contributed by atoms with van der Waals surface area (Å²) in [7, 11) is -7.87. The van der Waals surface area contributed by atoms with Crippen LogP contribution in [0.15, 0.2) is 17.0 Å². The lowest BCUT2D eigenvalue weighted by Gasteiger charge is -2.09. The third-order valence-corrected chi connectivity index (χ3v) is 5.65. The molecule has 1 aromatic carbocycles. The Morgan fingerprint density at radius 2 is 1.65 bits per heavy atom. The molecule has 6 nitrogen and oxygen atoms in total. The highest BCUT2D eigenvalue weighted by Gasteiger charge is 2.24. The van der Waals surface area contributed by atoms with E-state index in [9.17, 15) is 25.6 Å². The predicted molar refractivity (Wildman–Crippen MR) is 70.3 cm³/mol. The van der Waals surface area contributed by atoms with Crippen LogP contribution in [0.2, 0.25) is 0 Å². The van der Waals surface area contributed by atoms with Crippen molar-refractivity contribution in [1.82, 2.24) is 4.72 Å². The highest BCUT2D eigenvalue weighted by Crippen LogP contribution is 2.21. The van der Waals surface area contributed by atoms with Gasteiger partial charge in [0, 0.05) is 18.0 Å². The normalized spacial score (nSPS) is 12.6. The number of sulfonamides is 1. The first-order valence-electron chi connectivity index (χ1n) is 5.53. The minimum absolute atomic E-state index is 0.153. The van der Waals surface area contributed by atoms with E-state index in [-0.39, 0.29) is 11.4 Å². The fraction of sp³-hybridized carbons (Fsp3) is 0.400. The molecule has 0 spiro atoms. The second-order valence-corrected chi connectivity index (χ2v) is 8.12. The summed E-state index contributed by atoms with van der Waals surface area (Å²) in [6, 6.07) is 1.33. The molecule has 0 bridgehead atoms. The van der Waals surface area contributed by atoms with Gasteiger partial charge >= 0.3 is 0 Å². The maximum absolute atomic E-state index is 13.5. The molecule has 0 aliphatic heterocycles. The number of hydrogen-bond acceptors (Lipinski definition) is 5. The number of rotatable bonds is 6. The summed E-state index contributed by atoms with van der Waals surface area (Å²) in [5, 5.41) is 0. The third kappa shape index (κ3) is 4.12. The van der Waals surface area contributed by atoms with Gasteiger partial charge in [-0.3, -0.25) is 0 Å². The SMILES string of the molecule is CCS(=O)(=O)CCNS(=O)(=O)c1c(F)cc(N)cc1F. The van der Waals surface area contributed by atoms with Gasteiger partial charge in [0.15, 0.2) is 14.7 Å². The van der Waals surface area contributed by atoms with Crippen LogP contribution in [-0.4, -0.2) is 34.9 Å². The van der Waals surface area contributed by atoms with Gasteiger partial charge in [-0.1, -0.05) is 6.92 Å². The fourth-order valence-corrected chi connectivity index (χ4v) is 3.36. The van der Waals surface area contributed by atoms with Crippen molar-refractivity contribution in [1.29, 1.82) is 0 Å². The van der Waals surface area contributed by atoms with Gasteiger partial charge in [-0.2, -0.15) is 0 Å². The second-order valence-electron chi connectivity index (χ2n) is 3.95. The van der Waals surface area contributed by atoms with Crippen molar-refractivity contribution in [3.8, 4) is 0 Å². The first-order chi connectivity index (χ1) is 9.09. The van der Waals surface area contributed by atoms with Crippen molar-refractivity contribution in [2.24, 2.45) is 0 Å². The van der Waals surface area contributed by atoms with Crippen LogP contribution >= 0.6 is 0 Å². The van der Waals surface area contributed by atoms with Gasteiger partial charge in [-0.25, -0.2) is 30.3 Å². The largest absolute Gasteiger partial charge is 0.399 e. The average molecular weight is 328 g/mol. The highest BCUT2D eigenvalue weighted by molar-refractivity contribution is 7.91. The molecule has 0 amide bonds. The number of nitrogens with two attached hydrogens (primary N) is 1. The molecule has 0 atom stereocenters. The van der Waals surface area contributed by atoms with Crippen LogP contribution in [0.1, 0.15) is 6.92 Å². The van der Waals surface area contributed by atoms with Crippen molar-refractivity contribution in [3.05, 3.63) is 23.8 Å². The molecule has 0 aliphatic carbocycles. The van der Waals surface area contributed by atoms with E-state index in [1.54, 1.807) is 0 Å². The minimum Gasteiger partial charge on any atom is -0.399 e. The zero-order valence-electron chi connectivity index (χ0n) is 10.6. The second kappa shape index (κ2) is 6.02. The van der Waals surface area contributed by atoms with Crippen LogP contribution in [0.5, 0.6) is 0 Å². The molecule has 0 aliphatic rings. The number of sulfone groups is 1. The van der Waals surface area contributed by atoms with E-state index in [2.05, 4.69) is 0 Å². The number of halogens is 2. The standard InChI is InChI=1S/C10H14F2N2O4S2/c1-2-19(15,16)4-3-14-20(17,18)10-8(11)5-7(13)6-9(10)12/h5-6,14H,2-4,13H2,1H3. The van der Waals surface area contributed by atoms with Gasteiger partial charge in [-0.05, 0) is 12.1 Å². The molecule has 0 saturated heterocycles. The van der Waals surface area contributed by atoms with Crippen molar-refractivity contribution >= 4 is 25.5 Å². The summed E-state index contributed by atoms with van der Waals surface area (Å²) in [5.41, 5.74) is 4.92. The maximum Gasteiger partial charge on any atom is 0.246 e. The molecular weight excluding hydrogens is 314 g/mol. The highest BCUT2D eigenvalue weighted by atomic mass is 32.2. The Bertz CT molecular complexity index is 679. The summed E-state index contributed by atoms with van der Waals surface area (Å²) in [4.78, 5) is -1.18. The lowest BCUT2D eigenvalue weighted by molar-refractivity contribution is 0.515. The molecular formula is C10H14F2N2O4S2. The van der Waals surface area contributed by atoms with Crippen LogP contribution < -0.4 is 10.5 Å². The van der Waals surface area contributed by atoms with Crippen molar-refractivity contribution in [3.63, 3.8) is 0 Å². The van der Waals surface area contributed by atoms with E-state index in [1.165, 1.54) is 6.92 Å². The van der Waals surface area contributed by atoms with Gasteiger partial charge in [0.05, 0.1) is 5.75 Å². The Morgan fingerprint density at radius 1 is 1.15 bits per heavy atom. The van der Waals surface area contributed by atoms with E-state index in [4.69, 9.17) is 5.73 Å². The van der Waals surface area contributed by atoms with Crippen LogP contribution in [0.4, 0.5) is 14.5 Å². The lowest BCUT2D eigenvalue weighted by Crippen LogP contribution is -2.31. The summed E-state index contributed by atoms with van der Waals surface area (Å²) >= 11 is 0. The number of benzene rings is 1. The van der Waals surface area contributed by atoms with Gasteiger partial charge in [0.1, 0.15) is 11.6 Å². The molecule has 0 fully saturated rings. The Labute approximate surface area is 115 Å². The average Bonchev–Trinajstić information content (AvgIpc) is 2.26. The van der Waals surface area contributed by atoms with Gasteiger partial charge in [0.25, 0.3) is 0 Å². The number of nitrogen functional groups attached to an aromatic ring is 1. The Kier molecular flexibility index (Phi) is 5.05. The predicted octanol–water partition coefficient (Wildman–Crippen LogP) is 0.260. The zero-order valence-corrected chi connectivity index (χ0v) is 12.2. The van der Waals surface area contributed by atoms with E-state index in [0.29, 0.717) is 12.1 Å². The first-order valence-corrected chi connectivity index (χ1v) is 8.84. The van der Waals surface area contributed by atoms with Crippen molar-refractivity contribution in [2.75, 3.05) is 23.8 Å². The maximum atomic E-state index is 13.5. The number of anilines is 1. The van der Waals surface area contributed by atoms with Crippen LogP contribution in [0.3, 0.4) is 0 Å². The molecule has 1 aromatic rings. The zero-order chi connectivity index (χ0) is 15.6. The topological polar surface area (TPSA) is 106 Å². The summed E-state index contributed by atoms with van der Waals surface area (Å²) in [5.74, 6) is -3.29. The van der Waals surface area contributed by atoms with Crippen molar-refractivity contribution < 1.29 is 25.6 Å². The van der Waals surface area contributed by atoms with Crippen LogP contribution in [-0.2, 0) is 19.9 Å². The van der Waals surface area contributed by atoms with E-state index in [1.807, 2.05) is 4.72 Å². The first kappa shape index (κ1) is 16.8. The van der Waals surface area contributed by atoms with Crippen LogP contribution in [0.25, 0.3) is 0 Å². The molecule has 1 rings (SSSR count). The molecule has 114 valence electrons. The number of nitrogens with one attached hydrogen (secondary N) is 1. The van der Waals surface area contributed by atoms with Gasteiger partial charge < -0.3 is 5.73 Å². The Morgan fingerprint density at radius 3 is 2.10 bits per heavy atom. The Balaban J connectivity index is 2.96. The molecule has 20 heavy (non-hydrogen) atoms. The van der Waals surface area contributed by atoms with E-state index in [0.717, 1.165) is 0 Å². The summed E-state index contributed by atoms with van der Waals surface area (Å²) in [6.45, 7) is 0.935. The summed E-state index contributed by atoms with van der Waals surface area (Å²) < 4.78 is 74.7. The molecule has 10 heteroatoms. The number of hydrogen-bond donors (Lipinski definition) is 2. The lowest BCUT2D eigenvalue weighted by atomic mass is 10.3. The van der Waals surface area contributed by atoms with E-state index >= 15 is 0 Å². The fourth-order valence-electron chi connectivity index (χ4n) is 1.38. The molecule has 0 heterocycles. The molecule has 3 N–H and O–H groups in total. The third-order valence-electron chi connectivity index (χ3n) is 2.43. The molecule has 0 saturated carbocycles. The monoisotopic (exact) mass is 328 g/mol. The smallest absolute Gasteiger partial charge is 0.246 e. The van der Waals surface area contributed by atoms with Crippen LogP contribution in [0, 0.1) is 11.6 Å². The molecule has 0 radical (unpaired) electrons. The molecule has 0 aromatic heterocycles. The quantitative estimate of drug-likeness (QED) is 0.729.